The molecular weight excluding hydrogens is 352 g/mol. The second-order valence-electron chi connectivity index (χ2n) is 6.71. The molecule has 1 aromatic heterocycles. The first-order valence-electron chi connectivity index (χ1n) is 9.23. The zero-order valence-electron chi connectivity index (χ0n) is 15.9. The summed E-state index contributed by atoms with van der Waals surface area (Å²) in [4.78, 5) is 12.5. The molecule has 0 radical (unpaired) electrons. The van der Waals surface area contributed by atoms with Gasteiger partial charge in [-0.25, -0.2) is 0 Å². The summed E-state index contributed by atoms with van der Waals surface area (Å²) in [7, 11) is 1.59. The fourth-order valence-electron chi connectivity index (χ4n) is 3.32. The lowest BCUT2D eigenvalue weighted by Gasteiger charge is -2.15. The number of para-hydroxylation sites is 1. The molecule has 0 aliphatic carbocycles. The average molecular weight is 374 g/mol. The van der Waals surface area contributed by atoms with Gasteiger partial charge in [0.05, 0.1) is 19.3 Å². The highest BCUT2D eigenvalue weighted by atomic mass is 16.5. The zero-order valence-corrected chi connectivity index (χ0v) is 15.9. The number of anilines is 1. The molecule has 3 aromatic carbocycles. The van der Waals surface area contributed by atoms with Gasteiger partial charge in [0.25, 0.3) is 0 Å². The summed E-state index contributed by atoms with van der Waals surface area (Å²) in [6.45, 7) is 2.22. The number of amides is 1. The maximum Gasteiger partial charge on any atom is 0.238 e. The molecule has 142 valence electrons. The normalized spacial score (nSPS) is 12.2. The van der Waals surface area contributed by atoms with Crippen LogP contribution < -0.4 is 15.4 Å². The van der Waals surface area contributed by atoms with Gasteiger partial charge in [0.15, 0.2) is 0 Å². The molecule has 5 heteroatoms. The quantitative estimate of drug-likeness (QED) is 0.505. The van der Waals surface area contributed by atoms with Crippen molar-refractivity contribution in [3.05, 3.63) is 72.3 Å². The first-order valence-corrected chi connectivity index (χ1v) is 9.23. The Balaban J connectivity index is 1.52. The Kier molecular flexibility index (Phi) is 5.00. The van der Waals surface area contributed by atoms with E-state index in [1.54, 1.807) is 7.11 Å². The molecule has 0 spiro atoms. The number of furan rings is 1. The van der Waals surface area contributed by atoms with E-state index in [0.29, 0.717) is 17.0 Å². The van der Waals surface area contributed by atoms with E-state index in [0.717, 1.165) is 21.9 Å². The summed E-state index contributed by atoms with van der Waals surface area (Å²) in [5.41, 5.74) is 3.24. The van der Waals surface area contributed by atoms with Crippen LogP contribution in [0.15, 0.2) is 71.1 Å². The third-order valence-corrected chi connectivity index (χ3v) is 4.84. The molecular formula is C23H22N2O3. The van der Waals surface area contributed by atoms with Crippen molar-refractivity contribution in [2.75, 3.05) is 19.0 Å². The van der Waals surface area contributed by atoms with Gasteiger partial charge in [-0.2, -0.15) is 0 Å². The van der Waals surface area contributed by atoms with E-state index in [4.69, 9.17) is 9.15 Å². The second kappa shape index (κ2) is 7.74. The number of carbonyl (C=O) groups excluding carboxylic acids is 1. The van der Waals surface area contributed by atoms with E-state index >= 15 is 0 Å². The van der Waals surface area contributed by atoms with Crippen LogP contribution in [0, 0.1) is 0 Å². The number of ether oxygens (including phenoxy) is 1. The summed E-state index contributed by atoms with van der Waals surface area (Å²) >= 11 is 0. The molecule has 0 aliphatic heterocycles. The van der Waals surface area contributed by atoms with Gasteiger partial charge in [-0.15, -0.1) is 0 Å². The van der Waals surface area contributed by atoms with Crippen molar-refractivity contribution in [1.82, 2.24) is 5.32 Å². The Morgan fingerprint density at radius 2 is 1.75 bits per heavy atom. The van der Waals surface area contributed by atoms with Crippen molar-refractivity contribution in [3.8, 4) is 5.75 Å². The number of benzene rings is 3. The molecule has 28 heavy (non-hydrogen) atoms. The van der Waals surface area contributed by atoms with Crippen molar-refractivity contribution in [3.63, 3.8) is 0 Å². The van der Waals surface area contributed by atoms with Crippen molar-refractivity contribution < 1.29 is 13.9 Å². The Morgan fingerprint density at radius 1 is 1.00 bits per heavy atom. The SMILES string of the molecule is COc1cc2c(cc1NC(=O)CN[C@@H](C)c1ccccc1)oc1ccccc12. The number of carbonyl (C=O) groups is 1. The lowest BCUT2D eigenvalue weighted by molar-refractivity contribution is -0.115. The molecule has 0 fully saturated rings. The summed E-state index contributed by atoms with van der Waals surface area (Å²) in [5, 5.41) is 8.14. The topological polar surface area (TPSA) is 63.5 Å². The molecule has 0 saturated heterocycles. The molecule has 0 bridgehead atoms. The Morgan fingerprint density at radius 3 is 2.54 bits per heavy atom. The number of fused-ring (bicyclic) bond motifs is 3. The summed E-state index contributed by atoms with van der Waals surface area (Å²) < 4.78 is 11.4. The van der Waals surface area contributed by atoms with Crippen LogP contribution in [-0.4, -0.2) is 19.6 Å². The summed E-state index contributed by atoms with van der Waals surface area (Å²) in [6.07, 6.45) is 0. The van der Waals surface area contributed by atoms with Gasteiger partial charge >= 0.3 is 0 Å². The minimum absolute atomic E-state index is 0.0756. The highest BCUT2D eigenvalue weighted by molar-refractivity contribution is 6.07. The molecule has 4 rings (SSSR count). The van der Waals surface area contributed by atoms with Crippen LogP contribution in [0.4, 0.5) is 5.69 Å². The number of rotatable bonds is 6. The van der Waals surface area contributed by atoms with Crippen molar-refractivity contribution >= 4 is 33.5 Å². The molecule has 5 nitrogen and oxygen atoms in total. The highest BCUT2D eigenvalue weighted by Crippen LogP contribution is 2.36. The van der Waals surface area contributed by atoms with Crippen molar-refractivity contribution in [1.29, 1.82) is 0 Å². The fraction of sp³-hybridized carbons (Fsp3) is 0.174. The largest absolute Gasteiger partial charge is 0.495 e. The first kappa shape index (κ1) is 18.1. The van der Waals surface area contributed by atoms with Crippen LogP contribution >= 0.6 is 0 Å². The standard InChI is InChI=1S/C23H22N2O3/c1-15(16-8-4-3-5-9-16)24-14-23(26)25-19-13-21-18(12-22(19)27-2)17-10-6-7-11-20(17)28-21/h3-13,15,24H,14H2,1-2H3,(H,25,26)/t15-/m0/s1. The van der Waals surface area contributed by atoms with Crippen LogP contribution in [-0.2, 0) is 4.79 Å². The molecule has 2 N–H and O–H groups in total. The summed E-state index contributed by atoms with van der Waals surface area (Å²) in [6, 6.07) is 21.6. The monoisotopic (exact) mass is 374 g/mol. The fourth-order valence-corrected chi connectivity index (χ4v) is 3.32. The minimum atomic E-state index is -0.142. The van der Waals surface area contributed by atoms with Gasteiger partial charge in [-0.3, -0.25) is 4.79 Å². The van der Waals surface area contributed by atoms with Crippen LogP contribution in [0.3, 0.4) is 0 Å². The van der Waals surface area contributed by atoms with E-state index < -0.39 is 0 Å². The van der Waals surface area contributed by atoms with Crippen molar-refractivity contribution in [2.45, 2.75) is 13.0 Å². The van der Waals surface area contributed by atoms with Gasteiger partial charge in [-0.05, 0) is 24.6 Å². The number of hydrogen-bond donors (Lipinski definition) is 2. The number of nitrogens with one attached hydrogen (secondary N) is 2. The van der Waals surface area contributed by atoms with E-state index in [1.807, 2.05) is 73.7 Å². The predicted octanol–water partition coefficient (Wildman–Crippen LogP) is 4.88. The Bertz CT molecular complexity index is 1120. The third kappa shape index (κ3) is 3.57. The van der Waals surface area contributed by atoms with E-state index in [1.165, 1.54) is 0 Å². The number of hydrogen-bond acceptors (Lipinski definition) is 4. The molecule has 1 amide bonds. The van der Waals surface area contributed by atoms with Crippen LogP contribution in [0.25, 0.3) is 21.9 Å². The first-order chi connectivity index (χ1) is 13.7. The van der Waals surface area contributed by atoms with Gasteiger partial charge in [0, 0.05) is 22.9 Å². The Labute approximate surface area is 163 Å². The lowest BCUT2D eigenvalue weighted by Crippen LogP contribution is -2.30. The third-order valence-electron chi connectivity index (χ3n) is 4.84. The van der Waals surface area contributed by atoms with Crippen LogP contribution in [0.2, 0.25) is 0 Å². The van der Waals surface area contributed by atoms with E-state index in [2.05, 4.69) is 10.6 Å². The van der Waals surface area contributed by atoms with Crippen molar-refractivity contribution in [2.24, 2.45) is 0 Å². The minimum Gasteiger partial charge on any atom is -0.495 e. The van der Waals surface area contributed by atoms with Gasteiger partial charge in [0.1, 0.15) is 16.9 Å². The molecule has 1 atom stereocenters. The van der Waals surface area contributed by atoms with Gasteiger partial charge in [0.2, 0.25) is 5.91 Å². The summed E-state index contributed by atoms with van der Waals surface area (Å²) in [5.74, 6) is 0.458. The van der Waals surface area contributed by atoms with Gasteiger partial charge < -0.3 is 19.8 Å². The zero-order chi connectivity index (χ0) is 19.5. The number of methoxy groups -OCH3 is 1. The molecule has 0 aliphatic rings. The maximum atomic E-state index is 12.5. The lowest BCUT2D eigenvalue weighted by atomic mass is 10.1. The van der Waals surface area contributed by atoms with E-state index in [-0.39, 0.29) is 18.5 Å². The second-order valence-corrected chi connectivity index (χ2v) is 6.71. The molecule has 4 aromatic rings. The van der Waals surface area contributed by atoms with Crippen LogP contribution in [0.1, 0.15) is 18.5 Å². The maximum absolute atomic E-state index is 12.5. The predicted molar refractivity (Wildman–Crippen MR) is 112 cm³/mol. The van der Waals surface area contributed by atoms with Gasteiger partial charge in [-0.1, -0.05) is 48.5 Å². The van der Waals surface area contributed by atoms with E-state index in [9.17, 15) is 4.79 Å². The molecule has 1 heterocycles. The smallest absolute Gasteiger partial charge is 0.238 e. The van der Waals surface area contributed by atoms with Crippen LogP contribution in [0.5, 0.6) is 5.75 Å². The Hall–Kier alpha value is -3.31. The highest BCUT2D eigenvalue weighted by Gasteiger charge is 2.14. The molecule has 0 saturated carbocycles. The molecule has 0 unspecified atom stereocenters. The average Bonchev–Trinajstić information content (AvgIpc) is 3.09.